The zero-order chi connectivity index (χ0) is 34.0. The normalized spacial score (nSPS) is 16.8. The number of alkyl halides is 3. The van der Waals surface area contributed by atoms with Crippen LogP contribution in [0.1, 0.15) is 29.7 Å². The number of carboxylic acids is 1. The third kappa shape index (κ3) is 9.24. The molecule has 1 aliphatic carbocycles. The van der Waals surface area contributed by atoms with E-state index in [1.54, 1.807) is 64.8 Å². The molecule has 1 aliphatic rings. The molecule has 0 atom stereocenters. The van der Waals surface area contributed by atoms with Gasteiger partial charge in [0.05, 0.1) is 28.4 Å². The first-order valence-corrected chi connectivity index (χ1v) is 13.5. The Bertz CT molecular complexity index is 1650. The number of pyridine rings is 1. The minimum Gasteiger partial charge on any atom is -0.542 e. The Morgan fingerprint density at radius 1 is 0.848 bits per heavy atom. The monoisotopic (exact) mass is 644 g/mol. The number of H-pyrrole nitrogens is 1. The molecule has 11 nitrogen and oxygen atoms in total. The molecule has 1 heterocycles. The second-order valence-corrected chi connectivity index (χ2v) is 9.71. The summed E-state index contributed by atoms with van der Waals surface area (Å²) in [5.41, 5.74) is 2.56. The highest BCUT2D eigenvalue weighted by atomic mass is 19.4. The molecular formula is C32H31F3N2O9. The molecular weight excluding hydrogens is 613 g/mol. The van der Waals surface area contributed by atoms with Gasteiger partial charge in [-0.1, -0.05) is 18.2 Å². The van der Waals surface area contributed by atoms with Crippen molar-refractivity contribution < 1.29 is 56.9 Å². The van der Waals surface area contributed by atoms with Crippen LogP contribution in [0.2, 0.25) is 0 Å². The van der Waals surface area contributed by atoms with E-state index in [0.717, 1.165) is 11.1 Å². The summed E-state index contributed by atoms with van der Waals surface area (Å²) in [5.74, 6) is -1.03. The van der Waals surface area contributed by atoms with E-state index in [1.165, 1.54) is 6.07 Å². The van der Waals surface area contributed by atoms with E-state index >= 15 is 0 Å². The predicted molar refractivity (Wildman–Crippen MR) is 159 cm³/mol. The lowest BCUT2D eigenvalue weighted by molar-refractivity contribution is -0.510. The van der Waals surface area contributed by atoms with Gasteiger partial charge in [0.1, 0.15) is 5.97 Å². The van der Waals surface area contributed by atoms with Crippen molar-refractivity contribution >= 4 is 29.8 Å². The number of aliphatic hydroxyl groups is 1. The molecule has 0 bridgehead atoms. The van der Waals surface area contributed by atoms with Gasteiger partial charge in [-0.2, -0.15) is 13.2 Å². The Kier molecular flexibility index (Phi) is 11.7. The quantitative estimate of drug-likeness (QED) is 0.189. The number of Topliss-reactive ketones (excluding diaryl/α,β-unsaturated/α-hetero) is 1. The van der Waals surface area contributed by atoms with Crippen LogP contribution in [0.25, 0.3) is 12.2 Å². The predicted octanol–water partition coefficient (Wildman–Crippen LogP) is 1.99. The van der Waals surface area contributed by atoms with Crippen LogP contribution in [0.15, 0.2) is 70.5 Å². The maximum atomic E-state index is 13.6. The Morgan fingerprint density at radius 3 is 1.70 bits per heavy atom. The fraction of sp³-hybridized carbons (Fsp3) is 0.250. The lowest BCUT2D eigenvalue weighted by Crippen LogP contribution is -2.80. The van der Waals surface area contributed by atoms with Gasteiger partial charge in [-0.25, -0.2) is 4.99 Å². The van der Waals surface area contributed by atoms with Gasteiger partial charge in [0, 0.05) is 30.1 Å². The van der Waals surface area contributed by atoms with Gasteiger partial charge < -0.3 is 38.9 Å². The topological polar surface area (TPSA) is 161 Å². The average molecular weight is 645 g/mol. The van der Waals surface area contributed by atoms with Crippen LogP contribution >= 0.6 is 0 Å². The molecule has 3 aromatic rings. The summed E-state index contributed by atoms with van der Waals surface area (Å²) in [7, 11) is 6.23. The molecule has 0 saturated heterocycles. The molecule has 0 unspecified atom stereocenters. The number of aromatic nitrogens is 1. The number of carbonyl (C=O) groups is 2. The fourth-order valence-electron chi connectivity index (χ4n) is 4.49. The van der Waals surface area contributed by atoms with Crippen molar-refractivity contribution in [2.75, 3.05) is 28.4 Å². The molecule has 46 heavy (non-hydrogen) atoms. The third-order valence-corrected chi connectivity index (χ3v) is 6.61. The summed E-state index contributed by atoms with van der Waals surface area (Å²) in [4.78, 5) is 39.8. The number of ketones is 1. The maximum absolute atomic E-state index is 13.6. The van der Waals surface area contributed by atoms with Gasteiger partial charge in [-0.15, -0.1) is 0 Å². The summed E-state index contributed by atoms with van der Waals surface area (Å²) < 4.78 is 53.0. The van der Waals surface area contributed by atoms with Crippen molar-refractivity contribution in [3.63, 3.8) is 0 Å². The van der Waals surface area contributed by atoms with Gasteiger partial charge in [0.2, 0.25) is 5.56 Å². The number of hydrogen-bond acceptors (Lipinski definition) is 8. The van der Waals surface area contributed by atoms with Crippen molar-refractivity contribution in [2.24, 2.45) is 0 Å². The van der Waals surface area contributed by atoms with Crippen molar-refractivity contribution in [3.05, 3.63) is 92.9 Å². The molecule has 0 amide bonds. The molecule has 14 heteroatoms. The highest BCUT2D eigenvalue weighted by Crippen LogP contribution is 2.33. The minimum absolute atomic E-state index is 0.106. The highest BCUT2D eigenvalue weighted by Gasteiger charge is 2.32. The lowest BCUT2D eigenvalue weighted by Gasteiger charge is -2.20. The van der Waals surface area contributed by atoms with Crippen LogP contribution in [-0.2, 0) is 9.59 Å². The number of carbonyl (C=O) groups excluding carboxylic acids is 2. The number of aliphatic carboxylic acids is 1. The summed E-state index contributed by atoms with van der Waals surface area (Å²) >= 11 is 0. The van der Waals surface area contributed by atoms with Crippen molar-refractivity contribution in [1.29, 1.82) is 0 Å². The number of benzene rings is 2. The number of carboxylic acid groups (broad SMARTS) is 1. The largest absolute Gasteiger partial charge is 0.542 e. The molecule has 0 aliphatic heterocycles. The molecule has 2 aromatic carbocycles. The molecule has 3 N–H and O–H groups in total. The summed E-state index contributed by atoms with van der Waals surface area (Å²) in [6.45, 7) is 0. The fourth-order valence-corrected chi connectivity index (χ4v) is 4.49. The van der Waals surface area contributed by atoms with Gasteiger partial charge in [0.25, 0.3) is 0 Å². The number of ether oxygens (including phenoxy) is 4. The zero-order valence-electron chi connectivity index (χ0n) is 25.2. The number of aromatic amines is 1. The Morgan fingerprint density at radius 2 is 1.30 bits per heavy atom. The third-order valence-electron chi connectivity index (χ3n) is 6.61. The molecule has 1 saturated carbocycles. The molecule has 0 spiro atoms. The van der Waals surface area contributed by atoms with Crippen LogP contribution in [0, 0.1) is 0 Å². The van der Waals surface area contributed by atoms with E-state index in [1.807, 2.05) is 24.3 Å². The van der Waals surface area contributed by atoms with Crippen LogP contribution in [-0.4, -0.2) is 68.4 Å². The lowest BCUT2D eigenvalue weighted by atomic mass is 9.83. The standard InChI is InChI=1S/C30H30N2O7.C2HF3O2/c1-36-24-10-8-18(14-26(24)38-3)12-20-16-22(31-30(35)23-6-5-7-28(33)32-23)17-21(29(20)34)13-19-9-11-25(37-2)27(15-19)39-4;3-2(4,5)1(6)7/h5-15,22H,16-17H2,1-4H3,(H,31,35)(H,32,33);(H,6,7)/b20-12+,21-13+;. The van der Waals surface area contributed by atoms with Gasteiger partial charge >= 0.3 is 12.1 Å². The second kappa shape index (κ2) is 15.5. The van der Waals surface area contributed by atoms with Crippen molar-refractivity contribution in [3.8, 4) is 23.0 Å². The SMILES string of the molecule is COc1ccc(/C=C2\CC([NH+]=C(O)c3cccc(=O)[nH]3)C/C(=C\c3ccc(OC)c(OC)c3)C2=O)cc1OC.O=C([O-])C(F)(F)F. The van der Waals surface area contributed by atoms with Crippen molar-refractivity contribution in [2.45, 2.75) is 25.1 Å². The number of rotatable bonds is 8. The first-order chi connectivity index (χ1) is 21.8. The van der Waals surface area contributed by atoms with E-state index in [4.69, 9.17) is 28.8 Å². The molecule has 1 fully saturated rings. The smallest absolute Gasteiger partial charge is 0.430 e. The summed E-state index contributed by atoms with van der Waals surface area (Å²) in [6.07, 6.45) is -0.890. The Balaban J connectivity index is 0.000000738. The van der Waals surface area contributed by atoms with Crippen LogP contribution < -0.4 is 34.6 Å². The summed E-state index contributed by atoms with van der Waals surface area (Å²) in [5, 5.41) is 19.5. The van der Waals surface area contributed by atoms with E-state index in [9.17, 15) is 27.9 Å². The van der Waals surface area contributed by atoms with Crippen LogP contribution in [0.3, 0.4) is 0 Å². The Labute approximate surface area is 261 Å². The van der Waals surface area contributed by atoms with E-state index in [2.05, 4.69) is 9.98 Å². The Hall–Kier alpha value is -5.53. The molecule has 1 aromatic heterocycles. The van der Waals surface area contributed by atoms with Gasteiger partial charge in [0.15, 0.2) is 40.5 Å². The molecule has 244 valence electrons. The van der Waals surface area contributed by atoms with Crippen LogP contribution in [0.4, 0.5) is 13.2 Å². The number of methoxy groups -OCH3 is 4. The van der Waals surface area contributed by atoms with Gasteiger partial charge in [-0.05, 0) is 53.6 Å². The number of nitrogens with one attached hydrogen (secondary N) is 2. The van der Waals surface area contributed by atoms with Gasteiger partial charge in [-0.3, -0.25) is 9.59 Å². The van der Waals surface area contributed by atoms with E-state index in [0.29, 0.717) is 47.0 Å². The van der Waals surface area contributed by atoms with E-state index in [-0.39, 0.29) is 29.0 Å². The second-order valence-electron chi connectivity index (χ2n) is 9.71. The number of halogens is 3. The van der Waals surface area contributed by atoms with Crippen LogP contribution in [0.5, 0.6) is 23.0 Å². The van der Waals surface area contributed by atoms with Crippen molar-refractivity contribution in [1.82, 2.24) is 4.98 Å². The maximum Gasteiger partial charge on any atom is 0.430 e. The molecule has 0 radical (unpaired) electrons. The highest BCUT2D eigenvalue weighted by molar-refractivity contribution is 6.14. The summed E-state index contributed by atoms with van der Waals surface area (Å²) in [6, 6.07) is 15.0. The first-order valence-electron chi connectivity index (χ1n) is 13.5. The first kappa shape index (κ1) is 35.0. The number of hydrogen-bond donors (Lipinski definition) is 3. The minimum atomic E-state index is -5.19. The van der Waals surface area contributed by atoms with E-state index < -0.39 is 12.1 Å². The molecule has 4 rings (SSSR count). The number of aliphatic hydroxyl groups excluding tert-OH is 1. The average Bonchev–Trinajstić information content (AvgIpc) is 3.02. The zero-order valence-corrected chi connectivity index (χ0v) is 25.2.